The average molecular weight is 1140 g/mol. The molecular formula is C88H50O2. The van der Waals surface area contributed by atoms with Crippen molar-refractivity contribution in [2.24, 2.45) is 0 Å². The van der Waals surface area contributed by atoms with Crippen LogP contribution in [0.15, 0.2) is 312 Å². The molecule has 18 aromatic carbocycles. The third-order valence-corrected chi connectivity index (χ3v) is 19.7. The molecule has 2 heterocycles. The van der Waals surface area contributed by atoms with Gasteiger partial charge in [-0.25, -0.2) is 0 Å². The summed E-state index contributed by atoms with van der Waals surface area (Å²) in [4.78, 5) is 0. The van der Waals surface area contributed by atoms with Crippen molar-refractivity contribution >= 4 is 152 Å². The minimum absolute atomic E-state index is 0.875. The fraction of sp³-hybridized carbons (Fsp3) is 0. The summed E-state index contributed by atoms with van der Waals surface area (Å²) in [5.41, 5.74) is 15.7. The zero-order valence-electron chi connectivity index (χ0n) is 48.7. The molecule has 0 N–H and O–H groups in total. The molecule has 0 atom stereocenters. The van der Waals surface area contributed by atoms with E-state index in [1.54, 1.807) is 0 Å². The molecule has 0 amide bonds. The lowest BCUT2D eigenvalue weighted by molar-refractivity contribution is 0.669. The van der Waals surface area contributed by atoms with Crippen LogP contribution in [0.4, 0.5) is 0 Å². The lowest BCUT2D eigenvalue weighted by atomic mass is 9.83. The first-order chi connectivity index (χ1) is 44.6. The van der Waals surface area contributed by atoms with E-state index in [1.165, 1.54) is 152 Å². The van der Waals surface area contributed by atoms with Crippen molar-refractivity contribution in [3.05, 3.63) is 303 Å². The molecule has 0 aliphatic heterocycles. The Kier molecular flexibility index (Phi) is 10.3. The van der Waals surface area contributed by atoms with Crippen LogP contribution in [-0.4, -0.2) is 0 Å². The van der Waals surface area contributed by atoms with Crippen molar-refractivity contribution < 1.29 is 8.83 Å². The molecule has 0 spiro atoms. The molecule has 0 bridgehead atoms. The zero-order chi connectivity index (χ0) is 58.7. The van der Waals surface area contributed by atoms with Crippen molar-refractivity contribution in [2.75, 3.05) is 0 Å². The van der Waals surface area contributed by atoms with Crippen molar-refractivity contribution in [2.45, 2.75) is 0 Å². The number of hydrogen-bond donors (Lipinski definition) is 0. The maximum absolute atomic E-state index is 6.90. The maximum Gasteiger partial charge on any atom is 0.136 e. The van der Waals surface area contributed by atoms with Gasteiger partial charge in [-0.15, -0.1) is 0 Å². The van der Waals surface area contributed by atoms with E-state index >= 15 is 0 Å². The molecule has 2 nitrogen and oxygen atoms in total. The maximum atomic E-state index is 6.90. The summed E-state index contributed by atoms with van der Waals surface area (Å²) in [6.45, 7) is 0. The quantitative estimate of drug-likeness (QED) is 0.127. The summed E-state index contributed by atoms with van der Waals surface area (Å²) in [5.74, 6) is 0. The van der Waals surface area contributed by atoms with Gasteiger partial charge in [-0.2, -0.15) is 0 Å². The van der Waals surface area contributed by atoms with Crippen LogP contribution >= 0.6 is 0 Å². The van der Waals surface area contributed by atoms with Crippen LogP contribution in [0, 0.1) is 0 Å². The van der Waals surface area contributed by atoms with E-state index < -0.39 is 0 Å². The fourth-order valence-corrected chi connectivity index (χ4v) is 15.8. The van der Waals surface area contributed by atoms with Gasteiger partial charge < -0.3 is 8.83 Å². The van der Waals surface area contributed by atoms with Crippen molar-refractivity contribution in [3.8, 4) is 55.6 Å². The van der Waals surface area contributed by atoms with Gasteiger partial charge in [0, 0.05) is 21.5 Å². The van der Waals surface area contributed by atoms with Gasteiger partial charge >= 0.3 is 0 Å². The van der Waals surface area contributed by atoms with Gasteiger partial charge in [-0.3, -0.25) is 0 Å². The summed E-state index contributed by atoms with van der Waals surface area (Å²) in [6.07, 6.45) is 0. The van der Waals surface area contributed by atoms with Crippen LogP contribution in [0.3, 0.4) is 0 Å². The molecule has 0 radical (unpaired) electrons. The van der Waals surface area contributed by atoms with Gasteiger partial charge in [0.25, 0.3) is 0 Å². The Labute approximate surface area is 516 Å². The van der Waals surface area contributed by atoms with Gasteiger partial charge in [-0.1, -0.05) is 243 Å². The number of furan rings is 2. The Morgan fingerprint density at radius 2 is 0.500 bits per heavy atom. The molecule has 414 valence electrons. The van der Waals surface area contributed by atoms with Crippen molar-refractivity contribution in [3.63, 3.8) is 0 Å². The SMILES string of the molecule is c1ccc2cc3c(cc2c1)oc1ccc(-c2c4ccccc4c(-c4ccc5ccc6c(-c7cccc8cc9c(cc78)oc7ccc(-c8c%10ccccc%10c(-c%10cc%11ccccc%11c%11ccccc%10%11)c%10ccccc8%10)cc79)cccc6c5c4)c4ccccc24)cc13. The van der Waals surface area contributed by atoms with Gasteiger partial charge in [0.05, 0.1) is 0 Å². The predicted molar refractivity (Wildman–Crippen MR) is 383 cm³/mol. The normalized spacial score (nSPS) is 12.2. The number of benzene rings is 18. The third kappa shape index (κ3) is 7.16. The minimum Gasteiger partial charge on any atom is -0.456 e. The molecule has 90 heavy (non-hydrogen) atoms. The van der Waals surface area contributed by atoms with E-state index in [4.69, 9.17) is 8.83 Å². The first kappa shape index (κ1) is 49.3. The van der Waals surface area contributed by atoms with Gasteiger partial charge in [0.15, 0.2) is 0 Å². The van der Waals surface area contributed by atoms with Gasteiger partial charge in [0.2, 0.25) is 0 Å². The highest BCUT2D eigenvalue weighted by atomic mass is 16.3. The van der Waals surface area contributed by atoms with E-state index in [-0.39, 0.29) is 0 Å². The second kappa shape index (κ2) is 18.8. The summed E-state index contributed by atoms with van der Waals surface area (Å²) >= 11 is 0. The highest BCUT2D eigenvalue weighted by Crippen LogP contribution is 2.50. The van der Waals surface area contributed by atoms with Gasteiger partial charge in [0.1, 0.15) is 22.3 Å². The first-order valence-corrected chi connectivity index (χ1v) is 31.1. The molecule has 0 fully saturated rings. The number of rotatable bonds is 5. The molecule has 0 aliphatic carbocycles. The highest BCUT2D eigenvalue weighted by Gasteiger charge is 2.23. The smallest absolute Gasteiger partial charge is 0.136 e. The molecular weight excluding hydrogens is 1090 g/mol. The fourth-order valence-electron chi connectivity index (χ4n) is 15.8. The monoisotopic (exact) mass is 1140 g/mol. The Balaban J connectivity index is 0.714. The Hall–Kier alpha value is -11.8. The predicted octanol–water partition coefficient (Wildman–Crippen LogP) is 25.4. The van der Waals surface area contributed by atoms with Crippen LogP contribution in [-0.2, 0) is 0 Å². The summed E-state index contributed by atoms with van der Waals surface area (Å²) in [7, 11) is 0. The second-order valence-electron chi connectivity index (χ2n) is 24.5. The molecule has 0 saturated carbocycles. The first-order valence-electron chi connectivity index (χ1n) is 31.1. The largest absolute Gasteiger partial charge is 0.456 e. The van der Waals surface area contributed by atoms with Crippen molar-refractivity contribution in [1.82, 2.24) is 0 Å². The molecule has 0 aliphatic rings. The lowest BCUT2D eigenvalue weighted by Crippen LogP contribution is -1.92. The molecule has 0 saturated heterocycles. The van der Waals surface area contributed by atoms with E-state index in [2.05, 4.69) is 303 Å². The van der Waals surface area contributed by atoms with E-state index in [0.29, 0.717) is 0 Å². The minimum atomic E-state index is 0.875. The molecule has 2 aromatic heterocycles. The Bertz CT molecular complexity index is 6420. The van der Waals surface area contributed by atoms with Crippen molar-refractivity contribution in [1.29, 1.82) is 0 Å². The van der Waals surface area contributed by atoms with Crippen LogP contribution in [0.25, 0.3) is 207 Å². The van der Waals surface area contributed by atoms with E-state index in [9.17, 15) is 0 Å². The van der Waals surface area contributed by atoms with Gasteiger partial charge in [-0.05, 0) is 224 Å². The highest BCUT2D eigenvalue weighted by molar-refractivity contribution is 6.28. The lowest BCUT2D eigenvalue weighted by Gasteiger charge is -2.19. The number of hydrogen-bond acceptors (Lipinski definition) is 2. The van der Waals surface area contributed by atoms with Crippen LogP contribution in [0.2, 0.25) is 0 Å². The number of fused-ring (bicyclic) bond motifs is 18. The van der Waals surface area contributed by atoms with Crippen LogP contribution < -0.4 is 0 Å². The zero-order valence-corrected chi connectivity index (χ0v) is 48.7. The molecule has 20 rings (SSSR count). The van der Waals surface area contributed by atoms with E-state index in [0.717, 1.165) is 54.8 Å². The standard InChI is InChI=1S/C88H50O2/c1-2-18-53-49-83-78(43-52(53)17-1)76-47-57(38-41-81(76)89-83)86-68-26-9-7-24-66(68)85(67-25-8-10-27-69(67)86)56-36-35-51-37-40-65-61(33-16-34-63(65)74(51)46-56)62-32-15-20-55-44-79-77-48-58(39-42-82(77)90-84(79)50-75(55)62)87-70-28-11-13-30-72(70)88(73-31-14-12-29-71(73)87)80-45-54-19-3-4-21-59(54)60-22-5-6-23-64(60)80/h1-50H. The summed E-state index contributed by atoms with van der Waals surface area (Å²) in [5, 5.41) is 28.9. The van der Waals surface area contributed by atoms with E-state index in [1.807, 2.05) is 0 Å². The Morgan fingerprint density at radius 1 is 0.144 bits per heavy atom. The average Bonchev–Trinajstić information content (AvgIpc) is 1.02. The summed E-state index contributed by atoms with van der Waals surface area (Å²) < 4.78 is 13.4. The molecule has 2 heteroatoms. The second-order valence-corrected chi connectivity index (χ2v) is 24.5. The molecule has 0 unspecified atom stereocenters. The molecule has 20 aromatic rings. The summed E-state index contributed by atoms with van der Waals surface area (Å²) in [6, 6.07) is 112. The van der Waals surface area contributed by atoms with Crippen LogP contribution in [0.5, 0.6) is 0 Å². The topological polar surface area (TPSA) is 26.3 Å². The van der Waals surface area contributed by atoms with Crippen LogP contribution in [0.1, 0.15) is 0 Å². The Morgan fingerprint density at radius 3 is 1.08 bits per heavy atom. The third-order valence-electron chi connectivity index (χ3n) is 19.7.